The minimum Gasteiger partial charge on any atom is -0.481 e. The van der Waals surface area contributed by atoms with E-state index in [0.29, 0.717) is 0 Å². The molecule has 1 atom stereocenters. The van der Waals surface area contributed by atoms with E-state index >= 15 is 0 Å². The zero-order chi connectivity index (χ0) is 17.3. The van der Waals surface area contributed by atoms with Gasteiger partial charge in [0, 0.05) is 6.42 Å². The molecular weight excluding hydrogens is 296 g/mol. The Bertz CT molecular complexity index is 427. The highest BCUT2D eigenvalue weighted by Crippen LogP contribution is 2.15. The van der Waals surface area contributed by atoms with Crippen LogP contribution in [0.5, 0.6) is 0 Å². The van der Waals surface area contributed by atoms with Crippen LogP contribution in [0.1, 0.15) is 46.5 Å². The van der Waals surface area contributed by atoms with Crippen LogP contribution in [-0.4, -0.2) is 52.2 Å². The first-order chi connectivity index (χ1) is 10.0. The van der Waals surface area contributed by atoms with Crippen LogP contribution in [0.4, 0.5) is 0 Å². The van der Waals surface area contributed by atoms with Gasteiger partial charge in [-0.2, -0.15) is 0 Å². The van der Waals surface area contributed by atoms with Crippen molar-refractivity contribution in [1.82, 2.24) is 0 Å². The van der Waals surface area contributed by atoms with Gasteiger partial charge in [-0.3, -0.25) is 19.2 Å². The maximum absolute atomic E-state index is 11.8. The van der Waals surface area contributed by atoms with Crippen molar-refractivity contribution in [1.29, 1.82) is 0 Å². The molecule has 0 fully saturated rings. The summed E-state index contributed by atoms with van der Waals surface area (Å²) in [6.45, 7) is 4.52. The second-order valence-electron chi connectivity index (χ2n) is 5.33. The maximum Gasteiger partial charge on any atom is 0.306 e. The Hall–Kier alpha value is -1.96. The molecule has 0 spiro atoms. The highest BCUT2D eigenvalue weighted by Gasteiger charge is 2.29. The number of carbonyl (C=O) groups is 4. The van der Waals surface area contributed by atoms with E-state index in [9.17, 15) is 19.2 Å². The van der Waals surface area contributed by atoms with Crippen molar-refractivity contribution in [3.8, 4) is 0 Å². The number of hydrogen-bond acceptors (Lipinski definition) is 6. The molecule has 0 bridgehead atoms. The summed E-state index contributed by atoms with van der Waals surface area (Å²) in [5.74, 6) is -3.18. The van der Waals surface area contributed by atoms with Gasteiger partial charge in [0.05, 0.1) is 25.9 Å². The van der Waals surface area contributed by atoms with Crippen LogP contribution in [-0.2, 0) is 28.7 Å². The predicted molar refractivity (Wildman–Crippen MR) is 74.3 cm³/mol. The van der Waals surface area contributed by atoms with E-state index in [-0.39, 0.29) is 38.1 Å². The van der Waals surface area contributed by atoms with Crippen LogP contribution >= 0.6 is 0 Å². The van der Waals surface area contributed by atoms with E-state index in [1.54, 1.807) is 6.92 Å². The molecule has 0 aliphatic rings. The Morgan fingerprint density at radius 2 is 1.45 bits per heavy atom. The molecule has 0 rings (SSSR count). The summed E-state index contributed by atoms with van der Waals surface area (Å²) in [6.07, 6.45) is -1.61. The van der Waals surface area contributed by atoms with Crippen molar-refractivity contribution >= 4 is 23.7 Å². The van der Waals surface area contributed by atoms with Gasteiger partial charge in [0.2, 0.25) is 0 Å². The highest BCUT2D eigenvalue weighted by molar-refractivity contribution is 5.88. The lowest BCUT2D eigenvalue weighted by atomic mass is 9.99. The second kappa shape index (κ2) is 9.14. The summed E-state index contributed by atoms with van der Waals surface area (Å²) in [7, 11) is 0. The third kappa shape index (κ3) is 9.06. The lowest BCUT2D eigenvalue weighted by molar-refractivity contribution is -0.159. The summed E-state index contributed by atoms with van der Waals surface area (Å²) in [5.41, 5.74) is -1.18. The minimum atomic E-state index is -1.18. The topological polar surface area (TPSA) is 127 Å². The van der Waals surface area contributed by atoms with Gasteiger partial charge in [-0.05, 0) is 20.8 Å². The van der Waals surface area contributed by atoms with Gasteiger partial charge in [-0.15, -0.1) is 0 Å². The number of ketones is 1. The molecule has 0 aliphatic carbocycles. The van der Waals surface area contributed by atoms with Crippen LogP contribution < -0.4 is 0 Å². The fourth-order valence-corrected chi connectivity index (χ4v) is 1.45. The molecule has 0 aliphatic heterocycles. The molecule has 0 saturated carbocycles. The molecule has 126 valence electrons. The Kier molecular flexibility index (Phi) is 8.32. The van der Waals surface area contributed by atoms with Crippen molar-refractivity contribution in [3.05, 3.63) is 0 Å². The molecule has 0 radical (unpaired) electrons. The molecule has 0 aromatic carbocycles. The molecule has 1 unspecified atom stereocenters. The Balaban J connectivity index is 4.17. The van der Waals surface area contributed by atoms with Crippen molar-refractivity contribution in [2.75, 3.05) is 6.61 Å². The van der Waals surface area contributed by atoms with Gasteiger partial charge >= 0.3 is 17.9 Å². The van der Waals surface area contributed by atoms with Gasteiger partial charge < -0.3 is 19.7 Å². The normalized spacial score (nSPS) is 12.5. The monoisotopic (exact) mass is 318 g/mol. The summed E-state index contributed by atoms with van der Waals surface area (Å²) in [5, 5.41) is 17.0. The fourth-order valence-electron chi connectivity index (χ4n) is 1.45. The molecule has 0 aromatic rings. The number of carboxylic acids is 2. The van der Waals surface area contributed by atoms with E-state index in [1.807, 2.05) is 0 Å². The van der Waals surface area contributed by atoms with Gasteiger partial charge in [0.25, 0.3) is 0 Å². The first-order valence-electron chi connectivity index (χ1n) is 6.85. The quantitative estimate of drug-likeness (QED) is 0.540. The van der Waals surface area contributed by atoms with Gasteiger partial charge in [-0.25, -0.2) is 0 Å². The number of ether oxygens (including phenoxy) is 2. The average Bonchev–Trinajstić information content (AvgIpc) is 2.40. The van der Waals surface area contributed by atoms with Gasteiger partial charge in [0.15, 0.2) is 5.78 Å². The van der Waals surface area contributed by atoms with E-state index in [4.69, 9.17) is 19.7 Å². The smallest absolute Gasteiger partial charge is 0.306 e. The van der Waals surface area contributed by atoms with E-state index < -0.39 is 29.6 Å². The van der Waals surface area contributed by atoms with Crippen molar-refractivity contribution in [3.63, 3.8) is 0 Å². The average molecular weight is 318 g/mol. The zero-order valence-corrected chi connectivity index (χ0v) is 13.0. The summed E-state index contributed by atoms with van der Waals surface area (Å²) >= 11 is 0. The molecule has 8 nitrogen and oxygen atoms in total. The van der Waals surface area contributed by atoms with Crippen molar-refractivity contribution < 1.29 is 38.9 Å². The Labute approximate surface area is 128 Å². The fraction of sp³-hybridized carbons (Fsp3) is 0.714. The van der Waals surface area contributed by atoms with E-state index in [0.717, 1.165) is 0 Å². The summed E-state index contributed by atoms with van der Waals surface area (Å²) in [6, 6.07) is 0. The molecule has 0 amide bonds. The van der Waals surface area contributed by atoms with Crippen LogP contribution in [0.15, 0.2) is 0 Å². The van der Waals surface area contributed by atoms with E-state index in [1.165, 1.54) is 13.8 Å². The van der Waals surface area contributed by atoms with Crippen LogP contribution in [0, 0.1) is 0 Å². The van der Waals surface area contributed by atoms with Gasteiger partial charge in [-0.1, -0.05) is 0 Å². The third-order valence-corrected chi connectivity index (χ3v) is 2.79. The number of carboxylic acid groups (broad SMARTS) is 2. The van der Waals surface area contributed by atoms with Crippen LogP contribution in [0.2, 0.25) is 0 Å². The first kappa shape index (κ1) is 20.0. The Morgan fingerprint density at radius 3 is 1.95 bits per heavy atom. The number of carbonyl (C=O) groups excluding carboxylic acids is 2. The molecule has 2 N–H and O–H groups in total. The minimum absolute atomic E-state index is 0.0510. The number of aliphatic carboxylic acids is 2. The largest absolute Gasteiger partial charge is 0.481 e. The first-order valence-corrected chi connectivity index (χ1v) is 6.85. The molecule has 0 heterocycles. The Morgan fingerprint density at radius 1 is 0.955 bits per heavy atom. The maximum atomic E-state index is 11.8. The van der Waals surface area contributed by atoms with Gasteiger partial charge in [0.1, 0.15) is 11.7 Å². The third-order valence-electron chi connectivity index (χ3n) is 2.79. The predicted octanol–water partition coefficient (Wildman–Crippen LogP) is 1.01. The second-order valence-corrected chi connectivity index (χ2v) is 5.33. The molecule has 0 aromatic heterocycles. The summed E-state index contributed by atoms with van der Waals surface area (Å²) < 4.78 is 10.3. The lowest BCUT2D eigenvalue weighted by Gasteiger charge is -2.25. The standard InChI is InChI=1S/C14H22O8/c1-9(22-13(20)7-6-12(18)19)8-21-14(2,3)10(15)4-5-11(16)17/h9H,4-8H2,1-3H3,(H,16,17)(H,18,19). The van der Waals surface area contributed by atoms with Crippen molar-refractivity contribution in [2.24, 2.45) is 0 Å². The molecular formula is C14H22O8. The van der Waals surface area contributed by atoms with Crippen LogP contribution in [0.25, 0.3) is 0 Å². The van der Waals surface area contributed by atoms with Crippen molar-refractivity contribution in [2.45, 2.75) is 58.2 Å². The zero-order valence-electron chi connectivity index (χ0n) is 13.0. The van der Waals surface area contributed by atoms with E-state index in [2.05, 4.69) is 0 Å². The van der Waals surface area contributed by atoms with Crippen LogP contribution in [0.3, 0.4) is 0 Å². The number of hydrogen-bond donors (Lipinski definition) is 2. The number of esters is 1. The highest BCUT2D eigenvalue weighted by atomic mass is 16.6. The molecule has 8 heteroatoms. The number of rotatable bonds is 11. The summed E-state index contributed by atoms with van der Waals surface area (Å²) in [4.78, 5) is 43.9. The number of Topliss-reactive ketones (excluding diaryl/α,β-unsaturated/α-hetero) is 1. The molecule has 22 heavy (non-hydrogen) atoms. The lowest BCUT2D eigenvalue weighted by Crippen LogP contribution is -2.38. The SMILES string of the molecule is CC(COC(C)(C)C(=O)CCC(=O)O)OC(=O)CCC(=O)O. The molecule has 0 saturated heterocycles.